The van der Waals surface area contributed by atoms with E-state index in [1.165, 1.54) is 167 Å². The third-order valence-corrected chi connectivity index (χ3v) is 14.9. The molecule has 0 aliphatic carbocycles. The van der Waals surface area contributed by atoms with Crippen LogP contribution in [0.3, 0.4) is 0 Å². The van der Waals surface area contributed by atoms with E-state index < -0.39 is 26.5 Å². The van der Waals surface area contributed by atoms with E-state index in [9.17, 15) is 19.0 Å². The second kappa shape index (κ2) is 58.8. The zero-order valence-corrected chi connectivity index (χ0v) is 52.2. The molecule has 0 bridgehead atoms. The molecule has 452 valence electrons. The van der Waals surface area contributed by atoms with Crippen LogP contribution in [0.25, 0.3) is 0 Å². The lowest BCUT2D eigenvalue weighted by Crippen LogP contribution is -2.37. The van der Waals surface area contributed by atoms with E-state index in [1.807, 2.05) is 21.1 Å². The number of carbonyl (C=O) groups excluding carboxylic acids is 2. The number of ether oxygens (including phenoxy) is 2. The van der Waals surface area contributed by atoms with Crippen molar-refractivity contribution in [1.29, 1.82) is 0 Å². The van der Waals surface area contributed by atoms with Crippen molar-refractivity contribution >= 4 is 19.8 Å². The number of carbonyl (C=O) groups is 2. The normalized spacial score (nSPS) is 13.8. The first-order valence-corrected chi connectivity index (χ1v) is 33.8. The van der Waals surface area contributed by atoms with Crippen LogP contribution in [0.15, 0.2) is 85.1 Å². The molecule has 0 saturated carbocycles. The number of hydrogen-bond donors (Lipinski definition) is 0. The van der Waals surface area contributed by atoms with Gasteiger partial charge in [0.05, 0.1) is 27.7 Å². The van der Waals surface area contributed by atoms with E-state index in [1.54, 1.807) is 0 Å². The summed E-state index contributed by atoms with van der Waals surface area (Å²) >= 11 is 0. The molecular formula is C68H122NO8P. The maximum Gasteiger partial charge on any atom is 0.306 e. The van der Waals surface area contributed by atoms with Crippen molar-refractivity contribution in [3.05, 3.63) is 85.1 Å². The number of allylic oxidation sites excluding steroid dienone is 14. The van der Waals surface area contributed by atoms with Crippen LogP contribution in [0, 0.1) is 0 Å². The summed E-state index contributed by atoms with van der Waals surface area (Å²) in [5.41, 5.74) is 0. The van der Waals surface area contributed by atoms with Crippen LogP contribution in [0.1, 0.15) is 284 Å². The van der Waals surface area contributed by atoms with Crippen molar-refractivity contribution in [3.8, 4) is 0 Å². The number of likely N-dealkylation sites (N-methyl/N-ethyl adjacent to an activating group) is 1. The third kappa shape index (κ3) is 62.4. The summed E-state index contributed by atoms with van der Waals surface area (Å²) in [5, 5.41) is 0. The molecule has 0 heterocycles. The summed E-state index contributed by atoms with van der Waals surface area (Å²) in [5.74, 6) is -0.856. The number of phosphoric ester groups is 1. The number of hydrogen-bond acceptors (Lipinski definition) is 8. The van der Waals surface area contributed by atoms with Crippen molar-refractivity contribution < 1.29 is 42.1 Å². The molecule has 0 aliphatic rings. The highest BCUT2D eigenvalue weighted by Crippen LogP contribution is 2.38. The number of phosphoric acid groups is 1. The van der Waals surface area contributed by atoms with E-state index in [2.05, 4.69) is 98.9 Å². The highest BCUT2D eigenvalue weighted by atomic mass is 31.2. The van der Waals surface area contributed by atoms with Crippen LogP contribution in [0.5, 0.6) is 0 Å². The highest BCUT2D eigenvalue weighted by molar-refractivity contribution is 7.45. The van der Waals surface area contributed by atoms with Crippen molar-refractivity contribution in [2.24, 2.45) is 0 Å². The van der Waals surface area contributed by atoms with Gasteiger partial charge in [0.2, 0.25) is 0 Å². The monoisotopic (exact) mass is 1110 g/mol. The fourth-order valence-corrected chi connectivity index (χ4v) is 9.68. The van der Waals surface area contributed by atoms with Gasteiger partial charge in [0, 0.05) is 12.8 Å². The largest absolute Gasteiger partial charge is 0.756 e. The topological polar surface area (TPSA) is 111 Å². The first-order chi connectivity index (χ1) is 38.0. The van der Waals surface area contributed by atoms with E-state index in [4.69, 9.17) is 18.5 Å². The minimum absolute atomic E-state index is 0.0381. The number of nitrogens with zero attached hydrogens (tertiary/aromatic N) is 1. The van der Waals surface area contributed by atoms with Crippen LogP contribution >= 0.6 is 7.82 Å². The highest BCUT2D eigenvalue weighted by Gasteiger charge is 2.22. The van der Waals surface area contributed by atoms with Crippen LogP contribution in [-0.2, 0) is 32.7 Å². The average Bonchev–Trinajstić information content (AvgIpc) is 3.40. The quantitative estimate of drug-likeness (QED) is 0.0195. The maximum absolute atomic E-state index is 12.8. The van der Waals surface area contributed by atoms with Crippen LogP contribution in [0.4, 0.5) is 0 Å². The molecule has 9 nitrogen and oxygen atoms in total. The minimum Gasteiger partial charge on any atom is -0.756 e. The second-order valence-electron chi connectivity index (χ2n) is 22.7. The van der Waals surface area contributed by atoms with Gasteiger partial charge < -0.3 is 27.9 Å². The Hall–Kier alpha value is -2.81. The number of rotatable bonds is 59. The fraction of sp³-hybridized carbons (Fsp3) is 0.765. The first-order valence-electron chi connectivity index (χ1n) is 32.3. The van der Waals surface area contributed by atoms with Crippen molar-refractivity contribution in [3.63, 3.8) is 0 Å². The van der Waals surface area contributed by atoms with Gasteiger partial charge in [-0.25, -0.2) is 0 Å². The van der Waals surface area contributed by atoms with E-state index in [0.717, 1.165) is 83.5 Å². The maximum atomic E-state index is 12.8. The molecule has 0 aromatic carbocycles. The summed E-state index contributed by atoms with van der Waals surface area (Å²) in [6.45, 7) is 4.10. The molecule has 0 N–H and O–H groups in total. The zero-order chi connectivity index (χ0) is 57.0. The van der Waals surface area contributed by atoms with Gasteiger partial charge in [0.1, 0.15) is 19.8 Å². The molecule has 10 heteroatoms. The molecule has 78 heavy (non-hydrogen) atoms. The fourth-order valence-electron chi connectivity index (χ4n) is 8.95. The van der Waals surface area contributed by atoms with Gasteiger partial charge in [0.15, 0.2) is 6.10 Å². The lowest BCUT2D eigenvalue weighted by molar-refractivity contribution is -0.870. The van der Waals surface area contributed by atoms with Gasteiger partial charge in [-0.1, -0.05) is 266 Å². The van der Waals surface area contributed by atoms with Crippen LogP contribution < -0.4 is 4.89 Å². The molecular weight excluding hydrogens is 990 g/mol. The van der Waals surface area contributed by atoms with Gasteiger partial charge in [-0.2, -0.15) is 0 Å². The Kier molecular flexibility index (Phi) is 56.7. The lowest BCUT2D eigenvalue weighted by Gasteiger charge is -2.28. The molecule has 0 aromatic rings. The Labute approximate surface area is 481 Å². The Bertz CT molecular complexity index is 1590. The lowest BCUT2D eigenvalue weighted by atomic mass is 10.0. The van der Waals surface area contributed by atoms with E-state index in [-0.39, 0.29) is 32.0 Å². The van der Waals surface area contributed by atoms with Gasteiger partial charge in [-0.15, -0.1) is 0 Å². The number of quaternary nitrogens is 1. The Morgan fingerprint density at radius 1 is 0.410 bits per heavy atom. The Balaban J connectivity index is 3.97. The van der Waals surface area contributed by atoms with Crippen molar-refractivity contribution in [2.45, 2.75) is 290 Å². The summed E-state index contributed by atoms with van der Waals surface area (Å²) in [6, 6.07) is 0. The molecule has 0 fully saturated rings. The van der Waals surface area contributed by atoms with Crippen molar-refractivity contribution in [1.82, 2.24) is 0 Å². The predicted octanol–water partition coefficient (Wildman–Crippen LogP) is 20.0. The smallest absolute Gasteiger partial charge is 0.306 e. The molecule has 0 radical (unpaired) electrons. The minimum atomic E-state index is -4.65. The summed E-state index contributed by atoms with van der Waals surface area (Å²) in [7, 11) is 1.15. The van der Waals surface area contributed by atoms with Gasteiger partial charge in [-0.05, 0) is 89.9 Å². The molecule has 0 amide bonds. The summed E-state index contributed by atoms with van der Waals surface area (Å²) in [6.07, 6.45) is 79.5. The summed E-state index contributed by atoms with van der Waals surface area (Å²) < 4.78 is 34.2. The molecule has 0 spiro atoms. The Morgan fingerprint density at radius 2 is 0.731 bits per heavy atom. The molecule has 0 aliphatic heterocycles. The van der Waals surface area contributed by atoms with Crippen LogP contribution in [0.2, 0.25) is 0 Å². The van der Waals surface area contributed by atoms with Gasteiger partial charge in [0.25, 0.3) is 7.82 Å². The Morgan fingerprint density at radius 3 is 1.09 bits per heavy atom. The van der Waals surface area contributed by atoms with Crippen molar-refractivity contribution in [2.75, 3.05) is 47.5 Å². The van der Waals surface area contributed by atoms with Gasteiger partial charge >= 0.3 is 11.9 Å². The predicted molar refractivity (Wildman–Crippen MR) is 332 cm³/mol. The SMILES string of the molecule is CC/C=C\C/C=C\C/C=C\C/C=C\CCCCCCC(=O)OC(COC(=O)CCCCCCCCCCCCCCCCCCCCCCCC/C=C\C/C=C\C/C=C\CCCCCCC)COP(=O)([O-])OCC[N+](C)(C)C. The second-order valence-corrected chi connectivity index (χ2v) is 24.2. The molecule has 0 aromatic heterocycles. The van der Waals surface area contributed by atoms with Gasteiger partial charge in [-0.3, -0.25) is 14.2 Å². The number of esters is 2. The average molecular weight is 1110 g/mol. The first kappa shape index (κ1) is 75.2. The van der Waals surface area contributed by atoms with E-state index in [0.29, 0.717) is 17.4 Å². The third-order valence-electron chi connectivity index (χ3n) is 13.9. The molecule has 2 atom stereocenters. The van der Waals surface area contributed by atoms with E-state index >= 15 is 0 Å². The zero-order valence-electron chi connectivity index (χ0n) is 51.3. The molecule has 2 unspecified atom stereocenters. The molecule has 0 saturated heterocycles. The molecule has 0 rings (SSSR count). The van der Waals surface area contributed by atoms with Crippen LogP contribution in [-0.4, -0.2) is 70.0 Å². The standard InChI is InChI=1S/C68H122NO8P/c1-6-8-10-12-14-16-18-20-22-24-25-26-27-28-29-30-31-32-33-34-35-36-37-38-39-40-41-42-43-45-46-48-50-52-54-56-58-60-67(70)74-64-66(65-76-78(72,73)75-63-62-69(3,4)5)77-68(71)61-59-57-55-53-51-49-47-44-23-21-19-17-15-13-11-9-7-2/h9,11,15,17-18,20-21,23-25,27-28,47,49,66H,6-8,10,12-14,16,19,22,26,29-46,48,50-65H2,1-5H3/b11-9-,17-15-,20-18-,23-21-,25-24-,28-27-,49-47-. The number of unbranched alkanes of at least 4 members (excludes halogenated alkanes) is 31. The summed E-state index contributed by atoms with van der Waals surface area (Å²) in [4.78, 5) is 37.9.